The second-order valence-electron chi connectivity index (χ2n) is 3.15. The van der Waals surface area contributed by atoms with Gasteiger partial charge in [-0.25, -0.2) is 8.78 Å². The Bertz CT molecular complexity index is 346. The third kappa shape index (κ3) is 2.44. The molecule has 0 heterocycles. The van der Waals surface area contributed by atoms with Crippen LogP contribution in [-0.4, -0.2) is 0 Å². The van der Waals surface area contributed by atoms with E-state index in [0.717, 1.165) is 0 Å². The molecule has 0 aliphatic heterocycles. The lowest BCUT2D eigenvalue weighted by Gasteiger charge is -2.12. The summed E-state index contributed by atoms with van der Waals surface area (Å²) in [6.45, 7) is 1.42. The molecule has 1 aromatic rings. The first-order chi connectivity index (χ1) is 6.73. The molecule has 0 radical (unpaired) electrons. The summed E-state index contributed by atoms with van der Waals surface area (Å²) in [5.41, 5.74) is 3.40. The van der Waals surface area contributed by atoms with E-state index >= 15 is 0 Å². The second kappa shape index (κ2) is 3.77. The summed E-state index contributed by atoms with van der Waals surface area (Å²) in [4.78, 5) is 0. The molecule has 6 heteroatoms. The van der Waals surface area contributed by atoms with Crippen LogP contribution in [0.15, 0.2) is 12.1 Å². The Hall–Kier alpha value is -1.17. The summed E-state index contributed by atoms with van der Waals surface area (Å²) >= 11 is 0. The molecule has 0 unspecified atom stereocenters. The van der Waals surface area contributed by atoms with E-state index in [1.807, 2.05) is 0 Å². The Labute approximate surface area is 82.7 Å². The molecule has 0 saturated carbocycles. The van der Waals surface area contributed by atoms with Crippen LogP contribution in [0, 0.1) is 11.6 Å². The van der Waals surface area contributed by atoms with Gasteiger partial charge in [-0.2, -0.15) is 13.2 Å². The van der Waals surface area contributed by atoms with Crippen molar-refractivity contribution < 1.29 is 22.0 Å². The van der Waals surface area contributed by atoms with E-state index in [4.69, 9.17) is 5.73 Å². The van der Waals surface area contributed by atoms with Crippen LogP contribution in [0.3, 0.4) is 0 Å². The zero-order chi connectivity index (χ0) is 11.8. The lowest BCUT2D eigenvalue weighted by atomic mass is 10.1. The quantitative estimate of drug-likeness (QED) is 0.730. The van der Waals surface area contributed by atoms with Gasteiger partial charge in [-0.15, -0.1) is 0 Å². The molecule has 0 spiro atoms. The molecule has 1 aromatic carbocycles. The maximum Gasteiger partial charge on any atom is 0.422 e. The molecule has 15 heavy (non-hydrogen) atoms. The number of nitrogens with two attached hydrogens (primary N) is 1. The monoisotopic (exact) mass is 225 g/mol. The summed E-state index contributed by atoms with van der Waals surface area (Å²) in [6, 6.07) is 0.462. The highest BCUT2D eigenvalue weighted by atomic mass is 19.4. The van der Waals surface area contributed by atoms with E-state index in [2.05, 4.69) is 0 Å². The van der Waals surface area contributed by atoms with E-state index < -0.39 is 29.4 Å². The van der Waals surface area contributed by atoms with E-state index in [1.165, 1.54) is 6.92 Å². The topological polar surface area (TPSA) is 26.0 Å². The van der Waals surface area contributed by atoms with E-state index in [1.54, 1.807) is 0 Å². The van der Waals surface area contributed by atoms with Crippen molar-refractivity contribution in [3.8, 4) is 0 Å². The lowest BCUT2D eigenvalue weighted by molar-refractivity contribution is -0.142. The van der Waals surface area contributed by atoms with Crippen molar-refractivity contribution in [2.75, 3.05) is 0 Å². The molecule has 0 amide bonds. The van der Waals surface area contributed by atoms with Crippen LogP contribution in [-0.2, 0) is 6.18 Å². The molecule has 1 nitrogen and oxygen atoms in total. The number of benzene rings is 1. The van der Waals surface area contributed by atoms with Gasteiger partial charge in [-0.3, -0.25) is 0 Å². The van der Waals surface area contributed by atoms with Gasteiger partial charge in [0.15, 0.2) is 0 Å². The average molecular weight is 225 g/mol. The van der Waals surface area contributed by atoms with Gasteiger partial charge in [0.2, 0.25) is 0 Å². The predicted molar refractivity (Wildman–Crippen MR) is 44.0 cm³/mol. The minimum atomic E-state index is -5.04. The van der Waals surface area contributed by atoms with Crippen LogP contribution >= 0.6 is 0 Å². The lowest BCUT2D eigenvalue weighted by Crippen LogP contribution is -2.14. The Kier molecular flexibility index (Phi) is 2.99. The van der Waals surface area contributed by atoms with Gasteiger partial charge in [0.25, 0.3) is 0 Å². The zero-order valence-corrected chi connectivity index (χ0v) is 7.70. The fraction of sp³-hybridized carbons (Fsp3) is 0.333. The Balaban J connectivity index is 3.34. The van der Waals surface area contributed by atoms with Crippen molar-refractivity contribution in [2.24, 2.45) is 5.73 Å². The summed E-state index contributed by atoms with van der Waals surface area (Å²) in [7, 11) is 0. The normalized spacial score (nSPS) is 14.1. The van der Waals surface area contributed by atoms with Crippen LogP contribution in [0.2, 0.25) is 0 Å². The van der Waals surface area contributed by atoms with Gasteiger partial charge < -0.3 is 5.73 Å². The van der Waals surface area contributed by atoms with Gasteiger partial charge in [0.1, 0.15) is 17.2 Å². The number of rotatable bonds is 1. The number of hydrogen-bond acceptors (Lipinski definition) is 1. The van der Waals surface area contributed by atoms with E-state index in [-0.39, 0.29) is 5.56 Å². The fourth-order valence-electron chi connectivity index (χ4n) is 1.13. The van der Waals surface area contributed by atoms with Gasteiger partial charge in [-0.05, 0) is 24.6 Å². The van der Waals surface area contributed by atoms with Crippen molar-refractivity contribution in [1.82, 2.24) is 0 Å². The molecule has 84 valence electrons. The van der Waals surface area contributed by atoms with E-state index in [9.17, 15) is 22.0 Å². The maximum absolute atomic E-state index is 13.0. The Morgan fingerprint density at radius 3 is 1.80 bits per heavy atom. The maximum atomic E-state index is 13.0. The van der Waals surface area contributed by atoms with Gasteiger partial charge >= 0.3 is 6.18 Å². The second-order valence-corrected chi connectivity index (χ2v) is 3.15. The first-order valence-electron chi connectivity index (χ1n) is 4.05. The number of hydrogen-bond donors (Lipinski definition) is 1. The fourth-order valence-corrected chi connectivity index (χ4v) is 1.13. The molecule has 0 aromatic heterocycles. The first-order valence-corrected chi connectivity index (χ1v) is 4.05. The van der Waals surface area contributed by atoms with Crippen LogP contribution < -0.4 is 5.73 Å². The minimum absolute atomic E-state index is 0.0157. The molecular formula is C9H8F5N. The Morgan fingerprint density at radius 2 is 1.53 bits per heavy atom. The summed E-state index contributed by atoms with van der Waals surface area (Å²) in [5.74, 6) is -3.29. The highest BCUT2D eigenvalue weighted by Gasteiger charge is 2.37. The highest BCUT2D eigenvalue weighted by molar-refractivity contribution is 5.29. The van der Waals surface area contributed by atoms with Crippen LogP contribution in [0.1, 0.15) is 24.1 Å². The number of halogens is 5. The molecule has 2 N–H and O–H groups in total. The third-order valence-electron chi connectivity index (χ3n) is 1.87. The highest BCUT2D eigenvalue weighted by Crippen LogP contribution is 2.34. The molecule has 1 atom stereocenters. The molecule has 0 bridgehead atoms. The standard InChI is InChI=1S/C9H8F5N/c1-4(15)5-2-6(10)8(7(11)3-5)9(12,13)14/h2-4H,15H2,1H3/t4-/m1/s1. The first kappa shape index (κ1) is 11.9. The predicted octanol–water partition coefficient (Wildman–Crippen LogP) is 3.00. The van der Waals surface area contributed by atoms with Crippen LogP contribution in [0.4, 0.5) is 22.0 Å². The van der Waals surface area contributed by atoms with Crippen molar-refractivity contribution in [3.05, 3.63) is 34.9 Å². The van der Waals surface area contributed by atoms with E-state index in [0.29, 0.717) is 12.1 Å². The summed E-state index contributed by atoms with van der Waals surface area (Å²) in [6.07, 6.45) is -5.04. The largest absolute Gasteiger partial charge is 0.422 e. The molecule has 0 saturated heterocycles. The molecule has 0 aliphatic carbocycles. The van der Waals surface area contributed by atoms with Crippen LogP contribution in [0.5, 0.6) is 0 Å². The molecule has 0 fully saturated rings. The Morgan fingerprint density at radius 1 is 1.13 bits per heavy atom. The SMILES string of the molecule is C[C@@H](N)c1cc(F)c(C(F)(F)F)c(F)c1. The zero-order valence-electron chi connectivity index (χ0n) is 7.70. The summed E-state index contributed by atoms with van der Waals surface area (Å²) in [5, 5.41) is 0. The third-order valence-corrected chi connectivity index (χ3v) is 1.87. The summed E-state index contributed by atoms with van der Waals surface area (Å²) < 4.78 is 62.3. The smallest absolute Gasteiger partial charge is 0.324 e. The van der Waals surface area contributed by atoms with Crippen molar-refractivity contribution >= 4 is 0 Å². The van der Waals surface area contributed by atoms with Gasteiger partial charge in [0, 0.05) is 6.04 Å². The minimum Gasteiger partial charge on any atom is -0.324 e. The van der Waals surface area contributed by atoms with Gasteiger partial charge in [0.05, 0.1) is 0 Å². The van der Waals surface area contributed by atoms with Crippen molar-refractivity contribution in [1.29, 1.82) is 0 Å². The van der Waals surface area contributed by atoms with Crippen molar-refractivity contribution in [2.45, 2.75) is 19.1 Å². The molecular weight excluding hydrogens is 217 g/mol. The van der Waals surface area contributed by atoms with Gasteiger partial charge in [-0.1, -0.05) is 0 Å². The number of alkyl halides is 3. The average Bonchev–Trinajstić information content (AvgIpc) is 1.99. The molecule has 1 rings (SSSR count). The van der Waals surface area contributed by atoms with Crippen molar-refractivity contribution in [3.63, 3.8) is 0 Å². The molecule has 0 aliphatic rings. The van der Waals surface area contributed by atoms with Crippen LogP contribution in [0.25, 0.3) is 0 Å².